The minimum absolute atomic E-state index is 0.0642. The Kier molecular flexibility index (Phi) is 4.99. The van der Waals surface area contributed by atoms with Crippen LogP contribution in [0.2, 0.25) is 0 Å². The molecule has 1 aromatic carbocycles. The number of hydrogen-bond donors (Lipinski definition) is 1. The number of aryl methyl sites for hydroxylation is 1. The second-order valence-corrected chi connectivity index (χ2v) is 6.14. The van der Waals surface area contributed by atoms with E-state index in [-0.39, 0.29) is 5.91 Å². The van der Waals surface area contributed by atoms with Gasteiger partial charge in [-0.15, -0.1) is 0 Å². The molecule has 0 aliphatic carbocycles. The Morgan fingerprint density at radius 1 is 1.29 bits per heavy atom. The van der Waals surface area contributed by atoms with Crippen LogP contribution in [0.5, 0.6) is 0 Å². The first-order chi connectivity index (χ1) is 10.1. The van der Waals surface area contributed by atoms with E-state index in [0.717, 1.165) is 31.5 Å². The number of benzene rings is 1. The van der Waals surface area contributed by atoms with Gasteiger partial charge in [-0.25, -0.2) is 0 Å². The zero-order valence-electron chi connectivity index (χ0n) is 12.9. The maximum Gasteiger partial charge on any atom is 0.240 e. The largest absolute Gasteiger partial charge is 0.392 e. The highest BCUT2D eigenvalue weighted by Crippen LogP contribution is 2.34. The van der Waals surface area contributed by atoms with Crippen LogP contribution >= 0.6 is 12.2 Å². The van der Waals surface area contributed by atoms with Gasteiger partial charge in [-0.2, -0.15) is 0 Å². The molecule has 1 heterocycles. The number of fused-ring (bicyclic) bond motifs is 1. The summed E-state index contributed by atoms with van der Waals surface area (Å²) in [7, 11) is 0. The summed E-state index contributed by atoms with van der Waals surface area (Å²) in [5, 5.41) is 0. The first kappa shape index (κ1) is 16.0. The van der Waals surface area contributed by atoms with Crippen LogP contribution in [0.4, 0.5) is 5.69 Å². The molecule has 1 amide bonds. The lowest BCUT2D eigenvalue weighted by molar-refractivity contribution is -0.125. The van der Waals surface area contributed by atoms with Crippen LogP contribution in [0, 0.1) is 5.41 Å². The number of nitrogens with zero attached hydrogens (tertiary/aromatic N) is 1. The highest BCUT2D eigenvalue weighted by molar-refractivity contribution is 7.80. The van der Waals surface area contributed by atoms with Gasteiger partial charge in [0.2, 0.25) is 5.91 Å². The van der Waals surface area contributed by atoms with Crippen LogP contribution in [0.15, 0.2) is 24.3 Å². The average molecular weight is 304 g/mol. The first-order valence-corrected chi connectivity index (χ1v) is 8.17. The van der Waals surface area contributed by atoms with Crippen molar-refractivity contribution in [1.82, 2.24) is 0 Å². The summed E-state index contributed by atoms with van der Waals surface area (Å²) >= 11 is 5.24. The van der Waals surface area contributed by atoms with Crippen LogP contribution in [0.1, 0.15) is 45.1 Å². The molecule has 0 atom stereocenters. The molecule has 0 spiro atoms. The number of anilines is 1. The highest BCUT2D eigenvalue weighted by Gasteiger charge is 2.42. The standard InChI is InChI=1S/C17H24N2OS/c1-3-17(4-2,15(18)21)16(20)19-12-8-7-10-13-9-5-6-11-14(13)19/h5-6,9,11H,3-4,7-8,10,12H2,1-2H3,(H2,18,21). The van der Waals surface area contributed by atoms with Crippen molar-refractivity contribution in [2.45, 2.75) is 46.0 Å². The Balaban J connectivity index is 2.45. The third-order valence-electron chi connectivity index (χ3n) is 4.69. The van der Waals surface area contributed by atoms with Crippen LogP contribution in [-0.4, -0.2) is 17.4 Å². The van der Waals surface area contributed by atoms with E-state index in [1.54, 1.807) is 0 Å². The lowest BCUT2D eigenvalue weighted by Gasteiger charge is -2.35. The van der Waals surface area contributed by atoms with Gasteiger partial charge in [0.05, 0.1) is 10.4 Å². The van der Waals surface area contributed by atoms with Crippen molar-refractivity contribution >= 4 is 28.8 Å². The number of rotatable bonds is 4. The molecule has 0 saturated heterocycles. The molecule has 1 aliphatic heterocycles. The van der Waals surface area contributed by atoms with E-state index in [9.17, 15) is 4.79 Å². The predicted molar refractivity (Wildman–Crippen MR) is 91.5 cm³/mol. The smallest absolute Gasteiger partial charge is 0.240 e. The molecule has 21 heavy (non-hydrogen) atoms. The third kappa shape index (κ3) is 2.82. The van der Waals surface area contributed by atoms with E-state index in [1.165, 1.54) is 5.56 Å². The summed E-state index contributed by atoms with van der Waals surface area (Å²) in [5.41, 5.74) is 7.50. The lowest BCUT2D eigenvalue weighted by Crippen LogP contribution is -2.50. The van der Waals surface area contributed by atoms with Crippen LogP contribution in [0.25, 0.3) is 0 Å². The monoisotopic (exact) mass is 304 g/mol. The van der Waals surface area contributed by atoms with Gasteiger partial charge in [0.15, 0.2) is 0 Å². The number of carbonyl (C=O) groups excluding carboxylic acids is 1. The maximum absolute atomic E-state index is 13.2. The number of thiocarbonyl (C=S) groups is 1. The molecule has 1 aromatic rings. The van der Waals surface area contributed by atoms with Gasteiger partial charge < -0.3 is 10.6 Å². The Labute approximate surface area is 132 Å². The molecule has 3 nitrogen and oxygen atoms in total. The van der Waals surface area contributed by atoms with Crippen molar-refractivity contribution in [1.29, 1.82) is 0 Å². The van der Waals surface area contributed by atoms with Crippen LogP contribution in [0.3, 0.4) is 0 Å². The third-order valence-corrected chi connectivity index (χ3v) is 5.08. The fourth-order valence-electron chi connectivity index (χ4n) is 3.17. The van der Waals surface area contributed by atoms with Crippen molar-refractivity contribution < 1.29 is 4.79 Å². The molecular formula is C17H24N2OS. The van der Waals surface area contributed by atoms with Crippen molar-refractivity contribution in [3.63, 3.8) is 0 Å². The second-order valence-electron chi connectivity index (χ2n) is 5.70. The highest BCUT2D eigenvalue weighted by atomic mass is 32.1. The van der Waals surface area contributed by atoms with E-state index in [0.29, 0.717) is 17.8 Å². The van der Waals surface area contributed by atoms with Crippen molar-refractivity contribution in [3.05, 3.63) is 29.8 Å². The van der Waals surface area contributed by atoms with Gasteiger partial charge in [-0.05, 0) is 43.7 Å². The predicted octanol–water partition coefficient (Wildman–Crippen LogP) is 3.45. The number of nitrogens with two attached hydrogens (primary N) is 1. The minimum Gasteiger partial charge on any atom is -0.392 e. The quantitative estimate of drug-likeness (QED) is 0.867. The molecule has 2 N–H and O–H groups in total. The zero-order chi connectivity index (χ0) is 15.5. The molecule has 0 unspecified atom stereocenters. The van der Waals surface area contributed by atoms with Gasteiger partial charge in [-0.3, -0.25) is 4.79 Å². The van der Waals surface area contributed by atoms with Crippen molar-refractivity contribution in [2.24, 2.45) is 11.1 Å². The topological polar surface area (TPSA) is 46.3 Å². The average Bonchev–Trinajstić information content (AvgIpc) is 2.70. The summed E-state index contributed by atoms with van der Waals surface area (Å²) < 4.78 is 0. The Bertz CT molecular complexity index is 537. The van der Waals surface area contributed by atoms with Crippen LogP contribution in [-0.2, 0) is 11.2 Å². The van der Waals surface area contributed by atoms with E-state index >= 15 is 0 Å². The van der Waals surface area contributed by atoms with Crippen molar-refractivity contribution in [2.75, 3.05) is 11.4 Å². The number of carbonyl (C=O) groups is 1. The Morgan fingerprint density at radius 2 is 1.95 bits per heavy atom. The zero-order valence-corrected chi connectivity index (χ0v) is 13.7. The normalized spacial score (nSPS) is 15.2. The first-order valence-electron chi connectivity index (χ1n) is 7.76. The summed E-state index contributed by atoms with van der Waals surface area (Å²) in [6.45, 7) is 4.73. The fourth-order valence-corrected chi connectivity index (χ4v) is 3.54. The molecule has 0 aromatic heterocycles. The summed E-state index contributed by atoms with van der Waals surface area (Å²) in [6, 6.07) is 8.17. The maximum atomic E-state index is 13.2. The molecule has 2 rings (SSSR count). The summed E-state index contributed by atoms with van der Waals surface area (Å²) in [4.78, 5) is 15.4. The molecule has 0 fully saturated rings. The molecule has 1 aliphatic rings. The molecule has 4 heteroatoms. The fraction of sp³-hybridized carbons (Fsp3) is 0.529. The van der Waals surface area contributed by atoms with Crippen molar-refractivity contribution in [3.8, 4) is 0 Å². The molecule has 0 radical (unpaired) electrons. The lowest BCUT2D eigenvalue weighted by atomic mass is 9.80. The van der Waals surface area contributed by atoms with E-state index in [2.05, 4.69) is 6.07 Å². The second kappa shape index (κ2) is 6.56. The van der Waals surface area contributed by atoms with E-state index < -0.39 is 5.41 Å². The number of hydrogen-bond acceptors (Lipinski definition) is 2. The van der Waals surface area contributed by atoms with E-state index in [1.807, 2.05) is 36.9 Å². The number of amides is 1. The molecule has 0 saturated carbocycles. The van der Waals surface area contributed by atoms with Gasteiger partial charge in [0.25, 0.3) is 0 Å². The van der Waals surface area contributed by atoms with Crippen LogP contribution < -0.4 is 10.6 Å². The summed E-state index contributed by atoms with van der Waals surface area (Å²) in [5.74, 6) is 0.0642. The van der Waals surface area contributed by atoms with E-state index in [4.69, 9.17) is 18.0 Å². The molecule has 0 bridgehead atoms. The summed E-state index contributed by atoms with van der Waals surface area (Å²) in [6.07, 6.45) is 4.45. The number of para-hydroxylation sites is 1. The van der Waals surface area contributed by atoms with Gasteiger partial charge >= 0.3 is 0 Å². The Morgan fingerprint density at radius 3 is 2.57 bits per heavy atom. The Hall–Kier alpha value is -1.42. The van der Waals surface area contributed by atoms with Gasteiger partial charge in [0.1, 0.15) is 0 Å². The SMILES string of the molecule is CCC(CC)(C(=O)N1CCCCc2ccccc21)C(N)=S. The van der Waals surface area contributed by atoms with Gasteiger partial charge in [-0.1, -0.05) is 44.3 Å². The molecular weight excluding hydrogens is 280 g/mol. The van der Waals surface area contributed by atoms with Gasteiger partial charge in [0, 0.05) is 12.2 Å². The minimum atomic E-state index is -0.715. The molecule has 114 valence electrons.